The fourth-order valence-electron chi connectivity index (χ4n) is 4.22. The second kappa shape index (κ2) is 5.46. The molecule has 1 N–H and O–H groups in total. The number of H-pyrrole nitrogens is 1. The molecule has 2 aliphatic heterocycles. The summed E-state index contributed by atoms with van der Waals surface area (Å²) in [5.74, 6) is -0.306. The van der Waals surface area contributed by atoms with Crippen LogP contribution < -0.4 is 0 Å². The number of hydroxylamine groups is 3. The fourth-order valence-corrected chi connectivity index (χ4v) is 4.22. The zero-order valence-electron chi connectivity index (χ0n) is 14.0. The normalized spacial score (nSPS) is 27.1. The number of hydrogen-bond donors (Lipinski definition) is 1. The summed E-state index contributed by atoms with van der Waals surface area (Å²) in [4.78, 5) is 14.7. The molecule has 5 heteroatoms. The van der Waals surface area contributed by atoms with Crippen molar-refractivity contribution in [3.05, 3.63) is 52.4 Å². The number of para-hydroxylation sites is 1. The van der Waals surface area contributed by atoms with E-state index in [4.69, 9.17) is 4.74 Å². The van der Waals surface area contributed by atoms with Gasteiger partial charge < -0.3 is 19.6 Å². The van der Waals surface area contributed by atoms with E-state index >= 15 is 0 Å². The van der Waals surface area contributed by atoms with Crippen LogP contribution in [-0.4, -0.2) is 34.8 Å². The Kier molecular flexibility index (Phi) is 3.51. The number of hydrogen-bond acceptors (Lipinski definition) is 3. The van der Waals surface area contributed by atoms with Gasteiger partial charge >= 0.3 is 5.97 Å². The number of carbonyl (C=O) groups is 1. The van der Waals surface area contributed by atoms with Crippen molar-refractivity contribution in [3.8, 4) is 0 Å². The predicted molar refractivity (Wildman–Crippen MR) is 92.0 cm³/mol. The van der Waals surface area contributed by atoms with E-state index in [0.29, 0.717) is 19.5 Å². The topological polar surface area (TPSA) is 65.2 Å². The molecule has 126 valence electrons. The molecule has 1 aromatic carbocycles. The first-order valence-corrected chi connectivity index (χ1v) is 8.51. The van der Waals surface area contributed by atoms with Crippen molar-refractivity contribution < 1.29 is 14.2 Å². The van der Waals surface area contributed by atoms with Crippen LogP contribution in [0.1, 0.15) is 37.6 Å². The van der Waals surface area contributed by atoms with Crippen LogP contribution in [0, 0.1) is 5.21 Å². The zero-order valence-corrected chi connectivity index (χ0v) is 14.0. The summed E-state index contributed by atoms with van der Waals surface area (Å²) in [6.07, 6.45) is 3.24. The van der Waals surface area contributed by atoms with Gasteiger partial charge in [-0.3, -0.25) is 4.79 Å². The second-order valence-electron chi connectivity index (χ2n) is 6.93. The van der Waals surface area contributed by atoms with Crippen molar-refractivity contribution >= 4 is 16.9 Å². The van der Waals surface area contributed by atoms with Crippen molar-refractivity contribution in [2.45, 2.75) is 38.8 Å². The van der Waals surface area contributed by atoms with E-state index in [1.54, 1.807) is 0 Å². The van der Waals surface area contributed by atoms with Gasteiger partial charge in [-0.1, -0.05) is 24.3 Å². The van der Waals surface area contributed by atoms with E-state index in [-0.39, 0.29) is 22.8 Å². The van der Waals surface area contributed by atoms with Crippen LogP contribution in [0.3, 0.4) is 0 Å². The standard InChI is InChI=1S/C19H22N2O3/c1-12(24-13(2)22)14-7-8-18-19-16(9-10-21(18,23)11-14)15-5-3-4-6-17(15)20-19/h3-7,12,18,20H,8-11H2,1-2H3/t12-,18+,21?/m1/s1. The summed E-state index contributed by atoms with van der Waals surface area (Å²) in [5.41, 5.74) is 4.44. The van der Waals surface area contributed by atoms with Crippen LogP contribution >= 0.6 is 0 Å². The molecular weight excluding hydrogens is 304 g/mol. The molecule has 0 saturated heterocycles. The minimum atomic E-state index is -0.323. The Hall–Kier alpha value is -2.11. The third-order valence-electron chi connectivity index (χ3n) is 5.41. The Balaban J connectivity index is 1.70. The molecule has 2 aromatic rings. The highest BCUT2D eigenvalue weighted by molar-refractivity contribution is 5.85. The lowest BCUT2D eigenvalue weighted by molar-refractivity contribution is -0.911. The van der Waals surface area contributed by atoms with Gasteiger partial charge in [0.25, 0.3) is 0 Å². The number of ether oxygens (including phenoxy) is 1. The molecule has 1 unspecified atom stereocenters. The summed E-state index contributed by atoms with van der Waals surface area (Å²) in [6.45, 7) is 4.22. The molecule has 0 aliphatic carbocycles. The van der Waals surface area contributed by atoms with E-state index < -0.39 is 0 Å². The predicted octanol–water partition coefficient (Wildman–Crippen LogP) is 3.36. The van der Waals surface area contributed by atoms with Crippen LogP contribution in [0.15, 0.2) is 35.9 Å². The van der Waals surface area contributed by atoms with Crippen LogP contribution in [0.5, 0.6) is 0 Å². The maximum Gasteiger partial charge on any atom is 0.303 e. The largest absolute Gasteiger partial charge is 0.632 e. The number of fused-ring (bicyclic) bond motifs is 5. The molecule has 0 fully saturated rings. The van der Waals surface area contributed by atoms with Gasteiger partial charge in [-0.05, 0) is 18.6 Å². The third kappa shape index (κ3) is 2.36. The molecule has 0 amide bonds. The molecule has 2 aliphatic rings. The summed E-state index contributed by atoms with van der Waals surface area (Å²) in [6, 6.07) is 8.17. The number of aromatic amines is 1. The number of nitrogens with zero attached hydrogens (tertiary/aromatic N) is 1. The molecule has 4 rings (SSSR count). The van der Waals surface area contributed by atoms with E-state index in [0.717, 1.165) is 23.2 Å². The van der Waals surface area contributed by atoms with Crippen LogP contribution in [-0.2, 0) is 16.0 Å². The molecule has 1 aromatic heterocycles. The Morgan fingerprint density at radius 2 is 2.21 bits per heavy atom. The van der Waals surface area contributed by atoms with Gasteiger partial charge in [0.2, 0.25) is 0 Å². The molecule has 0 radical (unpaired) electrons. The third-order valence-corrected chi connectivity index (χ3v) is 5.41. The van der Waals surface area contributed by atoms with Crippen molar-refractivity contribution in [1.82, 2.24) is 4.98 Å². The summed E-state index contributed by atoms with van der Waals surface area (Å²) in [7, 11) is 0. The summed E-state index contributed by atoms with van der Waals surface area (Å²) >= 11 is 0. The van der Waals surface area contributed by atoms with Gasteiger partial charge in [0, 0.05) is 36.2 Å². The monoisotopic (exact) mass is 326 g/mol. The fraction of sp³-hybridized carbons (Fsp3) is 0.421. The minimum absolute atomic E-state index is 0.0885. The molecule has 0 bridgehead atoms. The average molecular weight is 326 g/mol. The first-order chi connectivity index (χ1) is 11.5. The smallest absolute Gasteiger partial charge is 0.303 e. The van der Waals surface area contributed by atoms with E-state index in [1.807, 2.05) is 19.1 Å². The lowest BCUT2D eigenvalue weighted by Gasteiger charge is -2.53. The van der Waals surface area contributed by atoms with Crippen LogP contribution in [0.2, 0.25) is 0 Å². The van der Waals surface area contributed by atoms with Gasteiger partial charge in [0.1, 0.15) is 18.7 Å². The van der Waals surface area contributed by atoms with E-state index in [1.165, 1.54) is 17.9 Å². The number of nitrogens with one attached hydrogen (secondary N) is 1. The first-order valence-electron chi connectivity index (χ1n) is 8.51. The lowest BCUT2D eigenvalue weighted by atomic mass is 9.89. The lowest BCUT2D eigenvalue weighted by Crippen LogP contribution is -2.53. The number of rotatable bonds is 2. The van der Waals surface area contributed by atoms with E-state index in [2.05, 4.69) is 23.2 Å². The Morgan fingerprint density at radius 3 is 3.00 bits per heavy atom. The number of carbonyl (C=O) groups excluding carboxylic acids is 1. The number of esters is 1. The number of aromatic nitrogens is 1. The summed E-state index contributed by atoms with van der Waals surface area (Å²) < 4.78 is 5.02. The molecule has 24 heavy (non-hydrogen) atoms. The second-order valence-corrected chi connectivity index (χ2v) is 6.93. The van der Waals surface area contributed by atoms with Crippen molar-refractivity contribution in [2.24, 2.45) is 0 Å². The Morgan fingerprint density at radius 1 is 1.42 bits per heavy atom. The molecule has 3 atom stereocenters. The molecule has 0 spiro atoms. The van der Waals surface area contributed by atoms with Crippen molar-refractivity contribution in [3.63, 3.8) is 0 Å². The van der Waals surface area contributed by atoms with Crippen LogP contribution in [0.4, 0.5) is 0 Å². The number of quaternary nitrogens is 1. The van der Waals surface area contributed by atoms with Crippen molar-refractivity contribution in [2.75, 3.05) is 13.1 Å². The van der Waals surface area contributed by atoms with E-state index in [9.17, 15) is 10.0 Å². The quantitative estimate of drug-likeness (QED) is 0.398. The maximum absolute atomic E-state index is 13.5. The van der Waals surface area contributed by atoms with Gasteiger partial charge in [-0.25, -0.2) is 0 Å². The SMILES string of the molecule is CC(=O)O[C@H](C)C1=CC[C@H]2c3[nH]c4ccccc4c3CC[N+]2([O-])C1. The van der Waals surface area contributed by atoms with Gasteiger partial charge in [-0.2, -0.15) is 0 Å². The molecular formula is C19H22N2O3. The minimum Gasteiger partial charge on any atom is -0.632 e. The van der Waals surface area contributed by atoms with Gasteiger partial charge in [0.05, 0.1) is 12.2 Å². The first kappa shape index (κ1) is 15.4. The average Bonchev–Trinajstić information content (AvgIpc) is 2.91. The summed E-state index contributed by atoms with van der Waals surface area (Å²) in [5, 5.41) is 14.7. The highest BCUT2D eigenvalue weighted by Gasteiger charge is 2.41. The van der Waals surface area contributed by atoms with Gasteiger partial charge in [-0.15, -0.1) is 0 Å². The Labute approximate surface area is 141 Å². The van der Waals surface area contributed by atoms with Crippen molar-refractivity contribution in [1.29, 1.82) is 0 Å². The molecule has 5 nitrogen and oxygen atoms in total. The van der Waals surface area contributed by atoms with Gasteiger partial charge in [0.15, 0.2) is 0 Å². The Bertz CT molecular complexity index is 838. The highest BCUT2D eigenvalue weighted by atomic mass is 16.6. The molecule has 3 heterocycles. The van der Waals surface area contributed by atoms with Crippen LogP contribution in [0.25, 0.3) is 10.9 Å². The maximum atomic E-state index is 13.5. The number of benzene rings is 1. The highest BCUT2D eigenvalue weighted by Crippen LogP contribution is 2.43. The molecule has 0 saturated carbocycles. The zero-order chi connectivity index (χ0) is 16.9.